The van der Waals surface area contributed by atoms with Crippen LogP contribution in [0.3, 0.4) is 0 Å². The van der Waals surface area contributed by atoms with E-state index in [4.69, 9.17) is 0 Å². The Bertz CT molecular complexity index is 1310. The van der Waals surface area contributed by atoms with Gasteiger partial charge in [0, 0.05) is 11.3 Å². The van der Waals surface area contributed by atoms with E-state index in [2.05, 4.69) is 24.5 Å². The lowest BCUT2D eigenvalue weighted by Crippen LogP contribution is -2.12. The predicted molar refractivity (Wildman–Crippen MR) is 99.1 cm³/mol. The molecule has 1 N–H and O–H groups in total. The van der Waals surface area contributed by atoms with Crippen LogP contribution in [0.2, 0.25) is 0 Å². The van der Waals surface area contributed by atoms with Gasteiger partial charge in [0.2, 0.25) is 5.82 Å². The summed E-state index contributed by atoms with van der Waals surface area (Å²) in [5.74, 6) is -2.21. The number of alkyl halides is 3. The highest BCUT2D eigenvalue weighted by atomic mass is 32.2. The number of hydrogen-bond acceptors (Lipinski definition) is 6. The molecule has 0 aliphatic heterocycles. The molecule has 0 unspecified atom stereocenters. The quantitative estimate of drug-likeness (QED) is 0.460. The van der Waals surface area contributed by atoms with Gasteiger partial charge in [-0.3, -0.25) is 4.72 Å². The fraction of sp³-hybridized carbons (Fsp3) is 0.0556. The summed E-state index contributed by atoms with van der Waals surface area (Å²) in [7, 11) is -3.97. The van der Waals surface area contributed by atoms with Crippen LogP contribution in [0, 0.1) is 5.82 Å². The summed E-state index contributed by atoms with van der Waals surface area (Å²) in [6.45, 7) is 0. The molecule has 0 saturated heterocycles. The van der Waals surface area contributed by atoms with Crippen LogP contribution in [0.4, 0.5) is 23.2 Å². The Morgan fingerprint density at radius 1 is 1.00 bits per heavy atom. The Morgan fingerprint density at radius 2 is 1.68 bits per heavy atom. The SMILES string of the molecule is O=S(=O)(Nc1ccc(F)cc1)c1cnn(-c2ccc(-c3noc(C(F)(F)F)n3)cc2)c1. The molecule has 0 fully saturated rings. The molecular weight excluding hydrogens is 442 g/mol. The third-order valence-electron chi connectivity index (χ3n) is 4.02. The molecular formula is C18H11F4N5O3S. The number of halogens is 4. The van der Waals surface area contributed by atoms with Crippen molar-refractivity contribution in [3.05, 3.63) is 72.6 Å². The van der Waals surface area contributed by atoms with E-state index in [1.807, 2.05) is 0 Å². The number of anilines is 1. The van der Waals surface area contributed by atoms with Gasteiger partial charge in [-0.05, 0) is 48.5 Å². The van der Waals surface area contributed by atoms with E-state index in [1.54, 1.807) is 0 Å². The molecule has 0 aliphatic carbocycles. The van der Waals surface area contributed by atoms with Crippen molar-refractivity contribution in [1.29, 1.82) is 0 Å². The van der Waals surface area contributed by atoms with Gasteiger partial charge in [0.15, 0.2) is 0 Å². The Balaban J connectivity index is 1.53. The third-order valence-corrected chi connectivity index (χ3v) is 5.36. The minimum Gasteiger partial charge on any atom is -0.329 e. The van der Waals surface area contributed by atoms with Crippen molar-refractivity contribution in [2.45, 2.75) is 11.1 Å². The van der Waals surface area contributed by atoms with Gasteiger partial charge in [-0.15, -0.1) is 0 Å². The molecule has 2 aromatic heterocycles. The van der Waals surface area contributed by atoms with Gasteiger partial charge < -0.3 is 4.52 Å². The van der Waals surface area contributed by atoms with E-state index in [0.29, 0.717) is 5.69 Å². The lowest BCUT2D eigenvalue weighted by atomic mass is 10.2. The average molecular weight is 453 g/mol. The lowest BCUT2D eigenvalue weighted by Gasteiger charge is -2.06. The van der Waals surface area contributed by atoms with Crippen molar-refractivity contribution < 1.29 is 30.5 Å². The first-order valence-electron chi connectivity index (χ1n) is 8.47. The molecule has 0 atom stereocenters. The summed E-state index contributed by atoms with van der Waals surface area (Å²) in [4.78, 5) is 3.16. The smallest absolute Gasteiger partial charge is 0.329 e. The first-order valence-corrected chi connectivity index (χ1v) is 9.95. The number of hydrogen-bond donors (Lipinski definition) is 1. The summed E-state index contributed by atoms with van der Waals surface area (Å²) >= 11 is 0. The van der Waals surface area contributed by atoms with Gasteiger partial charge in [0.25, 0.3) is 10.0 Å². The number of aromatic nitrogens is 4. The topological polar surface area (TPSA) is 103 Å². The van der Waals surface area contributed by atoms with E-state index >= 15 is 0 Å². The second-order valence-electron chi connectivity index (χ2n) is 6.20. The molecule has 160 valence electrons. The molecule has 4 aromatic rings. The van der Waals surface area contributed by atoms with Crippen molar-refractivity contribution >= 4 is 15.7 Å². The van der Waals surface area contributed by atoms with Crippen LogP contribution in [0.25, 0.3) is 17.1 Å². The van der Waals surface area contributed by atoms with Gasteiger partial charge >= 0.3 is 12.1 Å². The van der Waals surface area contributed by atoms with E-state index in [-0.39, 0.29) is 22.0 Å². The molecule has 2 heterocycles. The molecule has 0 spiro atoms. The lowest BCUT2D eigenvalue weighted by molar-refractivity contribution is -0.159. The number of rotatable bonds is 5. The first kappa shape index (κ1) is 20.5. The minimum atomic E-state index is -4.75. The molecule has 4 rings (SSSR count). The fourth-order valence-corrected chi connectivity index (χ4v) is 3.53. The van der Waals surface area contributed by atoms with Crippen molar-refractivity contribution in [3.63, 3.8) is 0 Å². The highest BCUT2D eigenvalue weighted by Crippen LogP contribution is 2.29. The number of benzene rings is 2. The summed E-state index contributed by atoms with van der Waals surface area (Å²) in [6, 6.07) is 10.6. The average Bonchev–Trinajstić information content (AvgIpc) is 3.40. The Morgan fingerprint density at radius 3 is 2.29 bits per heavy atom. The van der Waals surface area contributed by atoms with Gasteiger partial charge in [0.1, 0.15) is 10.7 Å². The monoisotopic (exact) mass is 453 g/mol. The molecule has 0 amide bonds. The Labute approximate surface area is 172 Å². The number of sulfonamides is 1. The summed E-state index contributed by atoms with van der Waals surface area (Å²) < 4.78 is 83.4. The van der Waals surface area contributed by atoms with Crippen LogP contribution in [0.1, 0.15) is 5.89 Å². The molecule has 13 heteroatoms. The van der Waals surface area contributed by atoms with Crippen molar-refractivity contribution in [1.82, 2.24) is 19.9 Å². The number of nitrogens with zero attached hydrogens (tertiary/aromatic N) is 4. The van der Waals surface area contributed by atoms with Crippen LogP contribution in [0.15, 0.2) is 70.3 Å². The van der Waals surface area contributed by atoms with Crippen molar-refractivity contribution in [2.75, 3.05) is 4.72 Å². The van der Waals surface area contributed by atoms with Gasteiger partial charge in [-0.25, -0.2) is 17.5 Å². The van der Waals surface area contributed by atoms with Crippen LogP contribution in [0.5, 0.6) is 0 Å². The summed E-state index contributed by atoms with van der Waals surface area (Å²) in [5, 5.41) is 7.28. The zero-order valence-electron chi connectivity index (χ0n) is 15.2. The molecule has 31 heavy (non-hydrogen) atoms. The molecule has 0 radical (unpaired) electrons. The molecule has 0 aliphatic rings. The van der Waals surface area contributed by atoms with Crippen LogP contribution < -0.4 is 4.72 Å². The van der Waals surface area contributed by atoms with Gasteiger partial charge in [-0.1, -0.05) is 5.16 Å². The van der Waals surface area contributed by atoms with Crippen LogP contribution >= 0.6 is 0 Å². The molecule has 0 saturated carbocycles. The highest BCUT2D eigenvalue weighted by molar-refractivity contribution is 7.92. The van der Waals surface area contributed by atoms with E-state index in [0.717, 1.165) is 18.3 Å². The van der Waals surface area contributed by atoms with E-state index in [1.165, 1.54) is 47.3 Å². The second-order valence-corrected chi connectivity index (χ2v) is 7.88. The van der Waals surface area contributed by atoms with E-state index in [9.17, 15) is 26.0 Å². The third kappa shape index (κ3) is 4.40. The van der Waals surface area contributed by atoms with Crippen LogP contribution in [-0.2, 0) is 16.2 Å². The zero-order chi connectivity index (χ0) is 22.2. The first-order chi connectivity index (χ1) is 14.6. The predicted octanol–water partition coefficient (Wildman–Crippen LogP) is 3.88. The Hall–Kier alpha value is -3.74. The van der Waals surface area contributed by atoms with E-state index < -0.39 is 27.9 Å². The zero-order valence-corrected chi connectivity index (χ0v) is 16.0. The minimum absolute atomic E-state index is 0.145. The summed E-state index contributed by atoms with van der Waals surface area (Å²) in [6.07, 6.45) is -2.38. The molecule has 0 bridgehead atoms. The second kappa shape index (κ2) is 7.50. The highest BCUT2D eigenvalue weighted by Gasteiger charge is 2.38. The normalized spacial score (nSPS) is 12.1. The maximum Gasteiger partial charge on any atom is 0.471 e. The molecule has 8 nitrogen and oxygen atoms in total. The van der Waals surface area contributed by atoms with Gasteiger partial charge in [0.05, 0.1) is 18.1 Å². The fourth-order valence-electron chi connectivity index (χ4n) is 2.54. The maximum absolute atomic E-state index is 13.0. The maximum atomic E-state index is 13.0. The largest absolute Gasteiger partial charge is 0.471 e. The van der Waals surface area contributed by atoms with Crippen molar-refractivity contribution in [3.8, 4) is 17.1 Å². The van der Waals surface area contributed by atoms with Crippen LogP contribution in [-0.4, -0.2) is 28.3 Å². The number of nitrogens with one attached hydrogen (secondary N) is 1. The van der Waals surface area contributed by atoms with Crippen molar-refractivity contribution in [2.24, 2.45) is 0 Å². The summed E-state index contributed by atoms with van der Waals surface area (Å²) in [5.41, 5.74) is 0.879. The van der Waals surface area contributed by atoms with Gasteiger partial charge in [-0.2, -0.15) is 23.3 Å². The standard InChI is InChI=1S/C18H11F4N5O3S/c19-12-3-5-13(6-4-12)26-31(28,29)15-9-23-27(10-15)14-7-1-11(2-8-14)16-24-17(30-25-16)18(20,21)22/h1-10,26H. The Kier molecular flexibility index (Phi) is 4.97. The molecule has 2 aromatic carbocycles.